The Morgan fingerprint density at radius 1 is 1.54 bits per heavy atom. The van der Waals surface area contributed by atoms with Crippen LogP contribution in [-0.2, 0) is 6.54 Å². The fraction of sp³-hybridized carbons (Fsp3) is 0.286. The zero-order valence-corrected chi connectivity index (χ0v) is 7.45. The molecule has 0 atom stereocenters. The van der Waals surface area contributed by atoms with Gasteiger partial charge in [-0.3, -0.25) is 20.0 Å². The lowest BCUT2D eigenvalue weighted by atomic mass is 10.4. The number of pyridine rings is 1. The second-order valence-electron chi connectivity index (χ2n) is 2.36. The van der Waals surface area contributed by atoms with E-state index >= 15 is 0 Å². The fourth-order valence-corrected chi connectivity index (χ4v) is 1.13. The van der Waals surface area contributed by atoms with Crippen LogP contribution in [0, 0.1) is 0 Å². The Morgan fingerprint density at radius 3 is 2.77 bits per heavy atom. The molecule has 0 saturated heterocycles. The molecule has 1 aromatic heterocycles. The van der Waals surface area contributed by atoms with Crippen molar-refractivity contribution < 1.29 is 10.3 Å². The molecule has 0 spiro atoms. The van der Waals surface area contributed by atoms with E-state index in [1.54, 1.807) is 5.48 Å². The van der Waals surface area contributed by atoms with Crippen LogP contribution in [-0.4, -0.2) is 20.8 Å². The summed E-state index contributed by atoms with van der Waals surface area (Å²) in [6, 6.07) is 2.51. The Morgan fingerprint density at radius 2 is 2.23 bits per heavy atom. The van der Waals surface area contributed by atoms with E-state index < -0.39 is 0 Å². The maximum Gasteiger partial charge on any atom is 0.253 e. The van der Waals surface area contributed by atoms with Crippen molar-refractivity contribution in [3.05, 3.63) is 22.5 Å². The Kier molecular flexibility index (Phi) is 3.16. The molecule has 0 unspecified atom stereocenters. The molecule has 0 aliphatic carbocycles. The van der Waals surface area contributed by atoms with Gasteiger partial charge in [-0.1, -0.05) is 0 Å². The predicted octanol–water partition coefficient (Wildman–Crippen LogP) is 0.594. The van der Waals surface area contributed by atoms with E-state index in [9.17, 15) is 9.90 Å². The van der Waals surface area contributed by atoms with Crippen molar-refractivity contribution in [2.75, 3.05) is 11.4 Å². The first-order valence-electron chi connectivity index (χ1n) is 3.59. The summed E-state index contributed by atoms with van der Waals surface area (Å²) in [7, 11) is 0. The molecule has 5 nitrogen and oxygen atoms in total. The molecular weight excluding hydrogens is 196 g/mol. The van der Waals surface area contributed by atoms with E-state index in [-0.39, 0.29) is 29.6 Å². The van der Waals surface area contributed by atoms with Crippen LogP contribution in [0.3, 0.4) is 0 Å². The zero-order valence-electron chi connectivity index (χ0n) is 6.70. The van der Waals surface area contributed by atoms with Crippen molar-refractivity contribution in [1.82, 2.24) is 4.57 Å². The number of rotatable bonds is 3. The van der Waals surface area contributed by atoms with Gasteiger partial charge in [0.1, 0.15) is 5.69 Å². The lowest BCUT2D eigenvalue weighted by Gasteiger charge is -2.08. The summed E-state index contributed by atoms with van der Waals surface area (Å²) in [4.78, 5) is 11.1. The van der Waals surface area contributed by atoms with Crippen LogP contribution in [0.1, 0.15) is 0 Å². The normalized spacial score (nSPS) is 10.0. The van der Waals surface area contributed by atoms with Crippen molar-refractivity contribution in [3.63, 3.8) is 0 Å². The van der Waals surface area contributed by atoms with Crippen LogP contribution in [0.5, 0.6) is 5.88 Å². The standard InChI is InChI=1S/C7H9ClN2O3/c8-3-4-10-6(11)2-1-5(9-13)7(10)12/h1-2,9,12-13H,3-4H2. The largest absolute Gasteiger partial charge is 0.493 e. The lowest BCUT2D eigenvalue weighted by molar-refractivity contribution is 0.368. The number of halogens is 1. The molecule has 1 rings (SSSR count). The summed E-state index contributed by atoms with van der Waals surface area (Å²) in [5.41, 5.74) is 1.48. The lowest BCUT2D eigenvalue weighted by Crippen LogP contribution is -2.20. The van der Waals surface area contributed by atoms with Crippen molar-refractivity contribution in [2.45, 2.75) is 6.54 Å². The number of aromatic nitrogens is 1. The second-order valence-corrected chi connectivity index (χ2v) is 2.74. The number of anilines is 1. The molecule has 3 N–H and O–H groups in total. The molecule has 0 aromatic carbocycles. The van der Waals surface area contributed by atoms with Crippen LogP contribution in [0.15, 0.2) is 16.9 Å². The number of hydrogen-bond acceptors (Lipinski definition) is 4. The molecular formula is C7H9ClN2O3. The van der Waals surface area contributed by atoms with Gasteiger partial charge in [-0.15, -0.1) is 11.6 Å². The van der Waals surface area contributed by atoms with Crippen LogP contribution in [0.2, 0.25) is 0 Å². The maximum atomic E-state index is 11.1. The monoisotopic (exact) mass is 204 g/mol. The van der Waals surface area contributed by atoms with Gasteiger partial charge in [0.2, 0.25) is 5.88 Å². The molecule has 0 amide bonds. The van der Waals surface area contributed by atoms with E-state index in [4.69, 9.17) is 16.8 Å². The predicted molar refractivity (Wildman–Crippen MR) is 48.5 cm³/mol. The van der Waals surface area contributed by atoms with Crippen molar-refractivity contribution in [3.8, 4) is 5.88 Å². The summed E-state index contributed by atoms with van der Waals surface area (Å²) in [5.74, 6) is -0.113. The molecule has 1 heterocycles. The fourth-order valence-electron chi connectivity index (χ4n) is 0.957. The Labute approximate surface area is 79.1 Å². The Balaban J connectivity index is 3.21. The molecule has 1 aromatic rings. The number of hydrogen-bond donors (Lipinski definition) is 3. The SMILES string of the molecule is O=c1ccc(NO)c(O)n1CCCl. The van der Waals surface area contributed by atoms with E-state index in [1.807, 2.05) is 0 Å². The first-order valence-corrected chi connectivity index (χ1v) is 4.13. The van der Waals surface area contributed by atoms with Gasteiger partial charge in [-0.05, 0) is 6.07 Å². The van der Waals surface area contributed by atoms with E-state index in [0.717, 1.165) is 4.57 Å². The summed E-state index contributed by atoms with van der Waals surface area (Å²) < 4.78 is 1.06. The molecule has 0 fully saturated rings. The molecule has 72 valence electrons. The van der Waals surface area contributed by atoms with Gasteiger partial charge in [0, 0.05) is 18.5 Å². The van der Waals surface area contributed by atoms with Gasteiger partial charge < -0.3 is 5.11 Å². The van der Waals surface area contributed by atoms with Gasteiger partial charge in [-0.2, -0.15) is 0 Å². The summed E-state index contributed by atoms with van der Waals surface area (Å²) in [6.45, 7) is 0.196. The molecule has 0 aliphatic heterocycles. The molecule has 0 bridgehead atoms. The quantitative estimate of drug-likeness (QED) is 0.498. The number of nitrogens with one attached hydrogen (secondary N) is 1. The second kappa shape index (κ2) is 4.15. The van der Waals surface area contributed by atoms with Gasteiger partial charge in [0.05, 0.1) is 0 Å². The topological polar surface area (TPSA) is 74.5 Å². The van der Waals surface area contributed by atoms with Crippen LogP contribution >= 0.6 is 11.6 Å². The molecule has 0 aliphatic rings. The highest BCUT2D eigenvalue weighted by atomic mass is 35.5. The molecule has 6 heteroatoms. The zero-order chi connectivity index (χ0) is 9.84. The smallest absolute Gasteiger partial charge is 0.253 e. The minimum absolute atomic E-state index is 0.0738. The van der Waals surface area contributed by atoms with Crippen molar-refractivity contribution in [1.29, 1.82) is 0 Å². The number of nitrogens with zero attached hydrogens (tertiary/aromatic N) is 1. The molecule has 0 saturated carbocycles. The summed E-state index contributed by atoms with van der Waals surface area (Å²) in [5, 5.41) is 17.9. The van der Waals surface area contributed by atoms with Crippen molar-refractivity contribution >= 4 is 17.3 Å². The highest BCUT2D eigenvalue weighted by molar-refractivity contribution is 6.17. The Hall–Kier alpha value is -1.20. The van der Waals surface area contributed by atoms with E-state index in [2.05, 4.69) is 0 Å². The number of aromatic hydroxyl groups is 1. The Bertz CT molecular complexity index is 350. The molecule has 0 radical (unpaired) electrons. The average molecular weight is 205 g/mol. The highest BCUT2D eigenvalue weighted by Gasteiger charge is 2.06. The average Bonchev–Trinajstić information content (AvgIpc) is 2.12. The third kappa shape index (κ3) is 1.93. The summed E-state index contributed by atoms with van der Waals surface area (Å²) in [6.07, 6.45) is 0. The summed E-state index contributed by atoms with van der Waals surface area (Å²) >= 11 is 5.42. The van der Waals surface area contributed by atoms with Crippen LogP contribution < -0.4 is 11.0 Å². The third-order valence-electron chi connectivity index (χ3n) is 1.58. The van der Waals surface area contributed by atoms with Crippen LogP contribution in [0.25, 0.3) is 0 Å². The minimum Gasteiger partial charge on any atom is -0.493 e. The first-order chi connectivity index (χ1) is 6.20. The van der Waals surface area contributed by atoms with E-state index in [0.29, 0.717) is 0 Å². The third-order valence-corrected chi connectivity index (χ3v) is 1.75. The van der Waals surface area contributed by atoms with Gasteiger partial charge in [0.15, 0.2) is 0 Å². The van der Waals surface area contributed by atoms with Crippen molar-refractivity contribution in [2.24, 2.45) is 0 Å². The maximum absolute atomic E-state index is 11.1. The van der Waals surface area contributed by atoms with Gasteiger partial charge >= 0.3 is 0 Å². The minimum atomic E-state index is -0.364. The molecule has 13 heavy (non-hydrogen) atoms. The van der Waals surface area contributed by atoms with Gasteiger partial charge in [-0.25, -0.2) is 0 Å². The van der Waals surface area contributed by atoms with E-state index in [1.165, 1.54) is 12.1 Å². The van der Waals surface area contributed by atoms with Crippen LogP contribution in [0.4, 0.5) is 5.69 Å². The number of alkyl halides is 1. The van der Waals surface area contributed by atoms with Gasteiger partial charge in [0.25, 0.3) is 5.56 Å². The first kappa shape index (κ1) is 9.88. The highest BCUT2D eigenvalue weighted by Crippen LogP contribution is 2.18.